The number of unbranched alkanes of at least 4 members (excludes halogenated alkanes) is 17. The van der Waals surface area contributed by atoms with E-state index in [-0.39, 0.29) is 62.9 Å². The number of imide groups is 1. The van der Waals surface area contributed by atoms with Gasteiger partial charge in [-0.2, -0.15) is 0 Å². The number of likely N-dealkylation sites (tertiary alicyclic amines) is 1. The minimum absolute atomic E-state index is 0.0813. The van der Waals surface area contributed by atoms with Gasteiger partial charge in [0.15, 0.2) is 0 Å². The van der Waals surface area contributed by atoms with Crippen LogP contribution in [-0.4, -0.2) is 109 Å². The first-order valence-corrected chi connectivity index (χ1v) is 21.3. The van der Waals surface area contributed by atoms with Gasteiger partial charge in [0.05, 0.1) is 37.7 Å². The van der Waals surface area contributed by atoms with E-state index in [0.717, 1.165) is 32.1 Å². The molecule has 306 valence electrons. The van der Waals surface area contributed by atoms with Gasteiger partial charge in [-0.25, -0.2) is 0 Å². The number of Topliss-reactive ketones (excluding diaryl/α,β-unsaturated/α-hetero) is 1. The topological polar surface area (TPSA) is 194 Å². The van der Waals surface area contributed by atoms with E-state index in [2.05, 4.69) is 10.6 Å². The molecule has 53 heavy (non-hydrogen) atoms. The normalized spacial score (nSPS) is 14.9. The number of hydrogen-bond acceptors (Lipinski definition) is 10. The van der Waals surface area contributed by atoms with Crippen LogP contribution in [0.2, 0.25) is 0 Å². The standard InChI is InChI=1S/C39H70N4O9S/c1-41-33(38(40)49)31-53-34-29-36(46)43(39(34)50)25-26-51-27-28-52-30-35(45)42-24-20-22-32(44)21-18-16-14-12-10-8-6-4-2-3-5-7-9-11-13-15-17-19-23-37(47)48/h33-34,41H,2-31H2,1H3,(H2,40,49)(H,42,45)(H,47,48). The van der Waals surface area contributed by atoms with Crippen molar-refractivity contribution in [1.82, 2.24) is 15.5 Å². The molecule has 0 aromatic carbocycles. The Morgan fingerprint density at radius 3 is 1.75 bits per heavy atom. The number of aliphatic carboxylic acids is 1. The molecular formula is C39H70N4O9S. The molecule has 14 heteroatoms. The van der Waals surface area contributed by atoms with Crippen molar-refractivity contribution in [2.75, 3.05) is 52.3 Å². The molecule has 0 bridgehead atoms. The average molecular weight is 771 g/mol. The molecule has 1 rings (SSSR count). The molecule has 0 radical (unpaired) electrons. The van der Waals surface area contributed by atoms with E-state index in [0.29, 0.717) is 38.0 Å². The van der Waals surface area contributed by atoms with E-state index in [1.807, 2.05) is 0 Å². The van der Waals surface area contributed by atoms with Crippen molar-refractivity contribution >= 4 is 47.1 Å². The summed E-state index contributed by atoms with van der Waals surface area (Å²) in [5.41, 5.74) is 5.30. The number of ketones is 1. The number of nitrogens with zero attached hydrogens (tertiary/aromatic N) is 1. The van der Waals surface area contributed by atoms with Crippen molar-refractivity contribution in [3.8, 4) is 0 Å². The molecule has 4 amide bonds. The smallest absolute Gasteiger partial charge is 0.303 e. The summed E-state index contributed by atoms with van der Waals surface area (Å²) in [7, 11) is 1.61. The van der Waals surface area contributed by atoms with Gasteiger partial charge >= 0.3 is 5.97 Å². The number of carboxylic acid groups (broad SMARTS) is 1. The van der Waals surface area contributed by atoms with Crippen molar-refractivity contribution in [2.24, 2.45) is 5.73 Å². The second-order valence-corrected chi connectivity index (χ2v) is 15.3. The molecule has 0 aromatic rings. The summed E-state index contributed by atoms with van der Waals surface area (Å²) in [5, 5.41) is 13.7. The number of nitrogens with one attached hydrogen (secondary N) is 2. The highest BCUT2D eigenvalue weighted by Gasteiger charge is 2.39. The van der Waals surface area contributed by atoms with E-state index in [1.165, 1.54) is 100 Å². The number of thioether (sulfide) groups is 1. The van der Waals surface area contributed by atoms with Crippen LogP contribution in [0.1, 0.15) is 148 Å². The summed E-state index contributed by atoms with van der Waals surface area (Å²) in [6.07, 6.45) is 23.9. The van der Waals surface area contributed by atoms with E-state index in [9.17, 15) is 28.8 Å². The minimum Gasteiger partial charge on any atom is -0.481 e. The summed E-state index contributed by atoms with van der Waals surface area (Å²) in [5.74, 6) is -1.47. The van der Waals surface area contributed by atoms with Gasteiger partial charge in [-0.1, -0.05) is 103 Å². The Kier molecular flexibility index (Phi) is 30.0. The summed E-state index contributed by atoms with van der Waals surface area (Å²) in [4.78, 5) is 72.0. The zero-order valence-corrected chi connectivity index (χ0v) is 33.3. The fraction of sp³-hybridized carbons (Fsp3) is 0.846. The minimum atomic E-state index is -0.683. The monoisotopic (exact) mass is 770 g/mol. The van der Waals surface area contributed by atoms with E-state index >= 15 is 0 Å². The zero-order chi connectivity index (χ0) is 38.9. The van der Waals surface area contributed by atoms with Crippen molar-refractivity contribution < 1.29 is 43.3 Å². The fourth-order valence-corrected chi connectivity index (χ4v) is 7.48. The number of amides is 4. The Hall–Kier alpha value is -2.55. The van der Waals surface area contributed by atoms with Gasteiger partial charge in [0.1, 0.15) is 12.4 Å². The van der Waals surface area contributed by atoms with E-state index in [4.69, 9.17) is 20.3 Å². The van der Waals surface area contributed by atoms with Crippen molar-refractivity contribution in [2.45, 2.75) is 159 Å². The Bertz CT molecular complexity index is 1050. The van der Waals surface area contributed by atoms with Crippen molar-refractivity contribution in [3.05, 3.63) is 0 Å². The third-order valence-corrected chi connectivity index (χ3v) is 10.8. The molecule has 0 spiro atoms. The van der Waals surface area contributed by atoms with Crippen LogP contribution in [0.25, 0.3) is 0 Å². The predicted octanol–water partition coefficient (Wildman–Crippen LogP) is 5.31. The molecule has 1 heterocycles. The molecule has 1 aliphatic heterocycles. The molecule has 0 aliphatic carbocycles. The van der Waals surface area contributed by atoms with Crippen LogP contribution in [0.15, 0.2) is 0 Å². The van der Waals surface area contributed by atoms with Crippen LogP contribution < -0.4 is 16.4 Å². The highest BCUT2D eigenvalue weighted by Crippen LogP contribution is 2.25. The zero-order valence-electron chi connectivity index (χ0n) is 32.5. The van der Waals surface area contributed by atoms with Crippen LogP contribution in [-0.2, 0) is 38.2 Å². The lowest BCUT2D eigenvalue weighted by molar-refractivity contribution is -0.140. The molecule has 0 aromatic heterocycles. The summed E-state index contributed by atoms with van der Waals surface area (Å²) < 4.78 is 10.8. The number of primary amides is 1. The van der Waals surface area contributed by atoms with Crippen LogP contribution in [0.4, 0.5) is 0 Å². The predicted molar refractivity (Wildman–Crippen MR) is 208 cm³/mol. The van der Waals surface area contributed by atoms with Gasteiger partial charge in [0.2, 0.25) is 23.6 Å². The summed E-state index contributed by atoms with van der Waals surface area (Å²) in [6.45, 7) is 1.00. The average Bonchev–Trinajstić information content (AvgIpc) is 3.39. The number of nitrogens with two attached hydrogens (primary N) is 1. The van der Waals surface area contributed by atoms with Crippen molar-refractivity contribution in [1.29, 1.82) is 0 Å². The quantitative estimate of drug-likeness (QED) is 0.0470. The third-order valence-electron chi connectivity index (χ3n) is 9.47. The third kappa shape index (κ3) is 26.8. The highest BCUT2D eigenvalue weighted by atomic mass is 32.2. The molecule has 5 N–H and O–H groups in total. The van der Waals surface area contributed by atoms with Gasteiger partial charge in [-0.05, 0) is 26.3 Å². The van der Waals surface area contributed by atoms with E-state index < -0.39 is 23.2 Å². The first kappa shape index (κ1) is 48.5. The van der Waals surface area contributed by atoms with Crippen molar-refractivity contribution in [3.63, 3.8) is 0 Å². The summed E-state index contributed by atoms with van der Waals surface area (Å²) in [6, 6.07) is -0.571. The molecule has 13 nitrogen and oxygen atoms in total. The van der Waals surface area contributed by atoms with Crippen LogP contribution >= 0.6 is 11.8 Å². The lowest BCUT2D eigenvalue weighted by Gasteiger charge is -2.16. The van der Waals surface area contributed by atoms with E-state index in [1.54, 1.807) is 7.05 Å². The number of carbonyl (C=O) groups excluding carboxylic acids is 5. The fourth-order valence-electron chi connectivity index (χ4n) is 6.19. The SMILES string of the molecule is CNC(CSC1CC(=O)N(CCOCCOCC(=O)NCCCC(=O)CCCCCCCCCCCCCCCCCCCCC(=O)O)C1=O)C(N)=O. The van der Waals surface area contributed by atoms with Gasteiger partial charge in [-0.3, -0.25) is 33.7 Å². The van der Waals surface area contributed by atoms with Gasteiger partial charge < -0.3 is 30.9 Å². The number of hydrogen-bond donors (Lipinski definition) is 4. The number of rotatable bonds is 38. The Morgan fingerprint density at radius 1 is 0.755 bits per heavy atom. The molecule has 2 atom stereocenters. The maximum absolute atomic E-state index is 12.5. The molecule has 1 fully saturated rings. The molecule has 1 aliphatic rings. The number of likely N-dealkylation sites (N-methyl/N-ethyl adjacent to an activating group) is 1. The summed E-state index contributed by atoms with van der Waals surface area (Å²) >= 11 is 1.24. The van der Waals surface area contributed by atoms with Gasteiger partial charge in [-0.15, -0.1) is 11.8 Å². The van der Waals surface area contributed by atoms with Crippen LogP contribution in [0.5, 0.6) is 0 Å². The number of carbonyl (C=O) groups is 6. The number of ether oxygens (including phenoxy) is 2. The highest BCUT2D eigenvalue weighted by molar-refractivity contribution is 8.00. The van der Waals surface area contributed by atoms with Gasteiger partial charge in [0, 0.05) is 38.0 Å². The Labute approximate surface area is 322 Å². The van der Waals surface area contributed by atoms with Gasteiger partial charge in [0.25, 0.3) is 0 Å². The number of carboxylic acids is 1. The maximum Gasteiger partial charge on any atom is 0.303 e. The molecule has 2 unspecified atom stereocenters. The second-order valence-electron chi connectivity index (χ2n) is 14.1. The maximum atomic E-state index is 12.5. The Morgan fingerprint density at radius 2 is 1.25 bits per heavy atom. The first-order chi connectivity index (χ1) is 25.6. The first-order valence-electron chi connectivity index (χ1n) is 20.2. The van der Waals surface area contributed by atoms with Crippen LogP contribution in [0, 0.1) is 0 Å². The lowest BCUT2D eigenvalue weighted by Crippen LogP contribution is -2.42. The molecule has 0 saturated carbocycles. The lowest BCUT2D eigenvalue weighted by atomic mass is 10.0. The molecular weight excluding hydrogens is 701 g/mol. The largest absolute Gasteiger partial charge is 0.481 e. The Balaban J connectivity index is 1.84. The second kappa shape index (κ2) is 32.8. The molecule has 1 saturated heterocycles. The van der Waals surface area contributed by atoms with Crippen LogP contribution in [0.3, 0.4) is 0 Å².